The molecule has 0 spiro atoms. The highest BCUT2D eigenvalue weighted by molar-refractivity contribution is 6.16. The standard InChI is InChI=1S/C31H34O5/c1-21(23-9-5-3-6-10-23)30(33)35-27-17-13-25(14-18-27)29(32)26-15-19-28(20-16-26)36-31(34)22(2)24-11-7-4-8-12-24/h3-12,25-28H,1-2,13-20H2. The van der Waals surface area contributed by atoms with Crippen molar-refractivity contribution in [3.05, 3.63) is 84.9 Å². The van der Waals surface area contributed by atoms with Crippen LogP contribution in [-0.2, 0) is 23.9 Å². The summed E-state index contributed by atoms with van der Waals surface area (Å²) in [6.45, 7) is 7.76. The Labute approximate surface area is 213 Å². The average Bonchev–Trinajstić information content (AvgIpc) is 2.93. The van der Waals surface area contributed by atoms with E-state index in [4.69, 9.17) is 9.47 Å². The number of ether oxygens (including phenoxy) is 2. The van der Waals surface area contributed by atoms with Crippen LogP contribution in [0.2, 0.25) is 0 Å². The number of benzene rings is 2. The van der Waals surface area contributed by atoms with E-state index in [2.05, 4.69) is 13.2 Å². The predicted molar refractivity (Wildman–Crippen MR) is 140 cm³/mol. The Morgan fingerprint density at radius 2 is 0.889 bits per heavy atom. The molecular weight excluding hydrogens is 452 g/mol. The van der Waals surface area contributed by atoms with Crippen LogP contribution < -0.4 is 0 Å². The molecule has 5 heteroatoms. The van der Waals surface area contributed by atoms with Crippen molar-refractivity contribution in [1.82, 2.24) is 0 Å². The van der Waals surface area contributed by atoms with E-state index in [1.807, 2.05) is 60.7 Å². The number of esters is 2. The monoisotopic (exact) mass is 486 g/mol. The van der Waals surface area contributed by atoms with Gasteiger partial charge in [-0.25, -0.2) is 9.59 Å². The summed E-state index contributed by atoms with van der Waals surface area (Å²) in [6.07, 6.45) is 5.38. The van der Waals surface area contributed by atoms with Gasteiger partial charge in [0, 0.05) is 11.8 Å². The molecule has 0 heterocycles. The molecular formula is C31H34O5. The van der Waals surface area contributed by atoms with Gasteiger partial charge in [0.15, 0.2) is 0 Å². The van der Waals surface area contributed by atoms with Gasteiger partial charge in [0.05, 0.1) is 11.1 Å². The fraction of sp³-hybridized carbons (Fsp3) is 0.387. The molecule has 2 fully saturated rings. The highest BCUT2D eigenvalue weighted by Crippen LogP contribution is 2.35. The molecule has 0 saturated heterocycles. The zero-order chi connectivity index (χ0) is 25.5. The van der Waals surface area contributed by atoms with E-state index in [-0.39, 0.29) is 24.0 Å². The van der Waals surface area contributed by atoms with E-state index >= 15 is 0 Å². The Morgan fingerprint density at radius 3 is 1.22 bits per heavy atom. The first kappa shape index (κ1) is 25.6. The first-order chi connectivity index (χ1) is 17.4. The summed E-state index contributed by atoms with van der Waals surface area (Å²) in [5, 5.41) is 0. The molecule has 2 saturated carbocycles. The average molecular weight is 487 g/mol. The van der Waals surface area contributed by atoms with Crippen molar-refractivity contribution in [2.75, 3.05) is 0 Å². The molecule has 2 aliphatic carbocycles. The second-order valence-electron chi connectivity index (χ2n) is 9.85. The van der Waals surface area contributed by atoms with Crippen LogP contribution in [0, 0.1) is 11.8 Å². The number of rotatable bonds is 8. The molecule has 0 aliphatic heterocycles. The van der Waals surface area contributed by atoms with Gasteiger partial charge < -0.3 is 9.47 Å². The maximum atomic E-state index is 13.2. The normalized spacial score (nSPS) is 23.8. The Hall–Kier alpha value is -3.47. The van der Waals surface area contributed by atoms with E-state index in [0.29, 0.717) is 42.6 Å². The molecule has 2 aliphatic rings. The second-order valence-corrected chi connectivity index (χ2v) is 9.85. The molecule has 0 amide bonds. The van der Waals surface area contributed by atoms with Crippen LogP contribution in [0.25, 0.3) is 11.1 Å². The molecule has 2 aromatic rings. The number of carbonyl (C=O) groups excluding carboxylic acids is 3. The molecule has 0 unspecified atom stereocenters. The van der Waals surface area contributed by atoms with Gasteiger partial charge >= 0.3 is 11.9 Å². The zero-order valence-corrected chi connectivity index (χ0v) is 20.7. The Bertz CT molecular complexity index is 1000. The molecule has 0 bridgehead atoms. The van der Waals surface area contributed by atoms with Crippen LogP contribution in [0.15, 0.2) is 73.8 Å². The number of hydrogen-bond acceptors (Lipinski definition) is 5. The first-order valence-electron chi connectivity index (χ1n) is 12.9. The van der Waals surface area contributed by atoms with Crippen molar-refractivity contribution >= 4 is 28.9 Å². The third kappa shape index (κ3) is 6.39. The first-order valence-corrected chi connectivity index (χ1v) is 12.9. The molecule has 5 nitrogen and oxygen atoms in total. The SMILES string of the molecule is C=C(C(=O)OC1CCC(C(=O)C2CCC(OC(=O)C(=C)c3ccccc3)CC2)CC1)c1ccccc1. The lowest BCUT2D eigenvalue weighted by atomic mass is 9.75. The van der Waals surface area contributed by atoms with Crippen LogP contribution in [0.3, 0.4) is 0 Å². The minimum absolute atomic E-state index is 0.0132. The third-order valence-corrected chi connectivity index (χ3v) is 7.44. The summed E-state index contributed by atoms with van der Waals surface area (Å²) >= 11 is 0. The quantitative estimate of drug-likeness (QED) is 0.329. The maximum absolute atomic E-state index is 13.2. The van der Waals surface area contributed by atoms with E-state index in [9.17, 15) is 14.4 Å². The second kappa shape index (κ2) is 12.0. The molecule has 4 rings (SSSR count). The Balaban J connectivity index is 1.18. The zero-order valence-electron chi connectivity index (χ0n) is 20.7. The maximum Gasteiger partial charge on any atom is 0.338 e. The molecule has 2 aromatic carbocycles. The summed E-state index contributed by atoms with van der Waals surface area (Å²) < 4.78 is 11.4. The molecule has 0 radical (unpaired) electrons. The smallest absolute Gasteiger partial charge is 0.338 e. The van der Waals surface area contributed by atoms with E-state index in [1.165, 1.54) is 0 Å². The van der Waals surface area contributed by atoms with Gasteiger partial charge in [0.1, 0.15) is 18.0 Å². The topological polar surface area (TPSA) is 69.7 Å². The van der Waals surface area contributed by atoms with Crippen LogP contribution >= 0.6 is 0 Å². The van der Waals surface area contributed by atoms with E-state index in [1.54, 1.807) is 0 Å². The van der Waals surface area contributed by atoms with Gasteiger partial charge in [0.2, 0.25) is 0 Å². The third-order valence-electron chi connectivity index (χ3n) is 7.44. The van der Waals surface area contributed by atoms with Crippen LogP contribution in [0.4, 0.5) is 0 Å². The summed E-state index contributed by atoms with van der Waals surface area (Å²) in [6, 6.07) is 18.6. The van der Waals surface area contributed by atoms with Crippen molar-refractivity contribution in [3.8, 4) is 0 Å². The molecule has 36 heavy (non-hydrogen) atoms. The molecule has 0 aromatic heterocycles. The van der Waals surface area contributed by atoms with Crippen molar-refractivity contribution in [2.45, 2.75) is 63.6 Å². The van der Waals surface area contributed by atoms with Crippen molar-refractivity contribution < 1.29 is 23.9 Å². The fourth-order valence-corrected chi connectivity index (χ4v) is 5.22. The minimum atomic E-state index is -0.390. The van der Waals surface area contributed by atoms with Crippen LogP contribution in [0.1, 0.15) is 62.5 Å². The molecule has 188 valence electrons. The van der Waals surface area contributed by atoms with E-state index in [0.717, 1.165) is 36.8 Å². The van der Waals surface area contributed by atoms with Gasteiger partial charge in [-0.3, -0.25) is 4.79 Å². The lowest BCUT2D eigenvalue weighted by Crippen LogP contribution is -2.34. The highest BCUT2D eigenvalue weighted by Gasteiger charge is 2.35. The van der Waals surface area contributed by atoms with E-state index < -0.39 is 11.9 Å². The van der Waals surface area contributed by atoms with Gasteiger partial charge in [0.25, 0.3) is 0 Å². The fourth-order valence-electron chi connectivity index (χ4n) is 5.22. The molecule has 0 N–H and O–H groups in total. The predicted octanol–water partition coefficient (Wildman–Crippen LogP) is 6.19. The number of hydrogen-bond donors (Lipinski definition) is 0. The molecule has 0 atom stereocenters. The van der Waals surface area contributed by atoms with Crippen LogP contribution in [0.5, 0.6) is 0 Å². The number of carbonyl (C=O) groups is 3. The van der Waals surface area contributed by atoms with Gasteiger partial charge in [-0.05, 0) is 62.5 Å². The lowest BCUT2D eigenvalue weighted by Gasteiger charge is -2.33. The lowest BCUT2D eigenvalue weighted by molar-refractivity contribution is -0.144. The van der Waals surface area contributed by atoms with Gasteiger partial charge in [-0.2, -0.15) is 0 Å². The minimum Gasteiger partial charge on any atom is -0.459 e. The number of ketones is 1. The van der Waals surface area contributed by atoms with Crippen LogP contribution in [-0.4, -0.2) is 29.9 Å². The summed E-state index contributed by atoms with van der Waals surface area (Å²) in [5.41, 5.74) is 2.24. The summed E-state index contributed by atoms with van der Waals surface area (Å²) in [7, 11) is 0. The van der Waals surface area contributed by atoms with Gasteiger partial charge in [-0.15, -0.1) is 0 Å². The van der Waals surface area contributed by atoms with Gasteiger partial charge in [-0.1, -0.05) is 73.8 Å². The highest BCUT2D eigenvalue weighted by atomic mass is 16.5. The number of Topliss-reactive ketones (excluding diaryl/α,β-unsaturated/α-hetero) is 1. The van der Waals surface area contributed by atoms with Crippen molar-refractivity contribution in [2.24, 2.45) is 11.8 Å². The Kier molecular flexibility index (Phi) is 8.52. The Morgan fingerprint density at radius 1 is 0.556 bits per heavy atom. The summed E-state index contributed by atoms with van der Waals surface area (Å²) in [5.74, 6) is -0.442. The largest absolute Gasteiger partial charge is 0.459 e. The van der Waals surface area contributed by atoms with Crippen molar-refractivity contribution in [3.63, 3.8) is 0 Å². The van der Waals surface area contributed by atoms with Crippen molar-refractivity contribution in [1.29, 1.82) is 0 Å². The summed E-state index contributed by atoms with van der Waals surface area (Å²) in [4.78, 5) is 38.1.